The number of nitrogens with zero attached hydrogens (tertiary/aromatic N) is 4. The van der Waals surface area contributed by atoms with Crippen molar-refractivity contribution in [3.63, 3.8) is 0 Å². The molecule has 1 aliphatic rings. The molecule has 1 aromatic rings. The smallest absolute Gasteiger partial charge is 0.170 e. The lowest BCUT2D eigenvalue weighted by molar-refractivity contribution is 0.498. The third-order valence-electron chi connectivity index (χ3n) is 3.57. The van der Waals surface area contributed by atoms with E-state index in [1.807, 2.05) is 0 Å². The molecule has 1 atom stereocenters. The quantitative estimate of drug-likeness (QED) is 0.845. The molecule has 6 nitrogen and oxygen atoms in total. The second-order valence-electron chi connectivity index (χ2n) is 5.12. The molecule has 1 aliphatic heterocycles. The average Bonchev–Trinajstić information content (AvgIpc) is 2.73. The maximum atomic E-state index is 9.29. The molecule has 1 fully saturated rings. The molecule has 6 heteroatoms. The molecule has 0 radical (unpaired) electrons. The molecule has 1 unspecified atom stereocenters. The number of aryl methyl sites for hydroxylation is 1. The van der Waals surface area contributed by atoms with Gasteiger partial charge in [-0.2, -0.15) is 10.4 Å². The fourth-order valence-electron chi connectivity index (χ4n) is 2.47. The first-order valence-corrected chi connectivity index (χ1v) is 6.94. The van der Waals surface area contributed by atoms with Crippen LogP contribution in [0.15, 0.2) is 0 Å². The van der Waals surface area contributed by atoms with Crippen LogP contribution in [-0.4, -0.2) is 28.9 Å². The van der Waals surface area contributed by atoms with Crippen LogP contribution in [0.1, 0.15) is 38.2 Å². The lowest BCUT2D eigenvalue weighted by Crippen LogP contribution is -2.43. The van der Waals surface area contributed by atoms with Crippen molar-refractivity contribution in [1.29, 1.82) is 5.26 Å². The minimum Gasteiger partial charge on any atom is -0.383 e. The number of nitrogen functional groups attached to an aromatic ring is 1. The van der Waals surface area contributed by atoms with Gasteiger partial charge in [-0.25, -0.2) is 4.68 Å². The standard InChI is InChI=1S/C13H22N6/c1-2-3-7-19-12(16)11(8-14)13(17-19)18-6-4-5-10(15)9-18/h10H,2-7,9,15-16H2,1H3. The van der Waals surface area contributed by atoms with Crippen molar-refractivity contribution in [2.75, 3.05) is 23.7 Å². The molecule has 19 heavy (non-hydrogen) atoms. The van der Waals surface area contributed by atoms with Gasteiger partial charge in [0, 0.05) is 25.7 Å². The highest BCUT2D eigenvalue weighted by Crippen LogP contribution is 2.26. The van der Waals surface area contributed by atoms with Gasteiger partial charge in [0.1, 0.15) is 17.5 Å². The predicted octanol–water partition coefficient (Wildman–Crippen LogP) is 1.06. The third kappa shape index (κ3) is 2.82. The van der Waals surface area contributed by atoms with Crippen LogP contribution < -0.4 is 16.4 Å². The highest BCUT2D eigenvalue weighted by Gasteiger charge is 2.24. The Balaban J connectivity index is 2.26. The molecule has 104 valence electrons. The van der Waals surface area contributed by atoms with E-state index in [-0.39, 0.29) is 6.04 Å². The van der Waals surface area contributed by atoms with E-state index in [9.17, 15) is 5.26 Å². The molecule has 0 amide bonds. The molecule has 1 saturated heterocycles. The van der Waals surface area contributed by atoms with E-state index in [2.05, 4.69) is 23.0 Å². The maximum Gasteiger partial charge on any atom is 0.170 e. The normalized spacial score (nSPS) is 19.4. The SMILES string of the molecule is CCCCn1nc(N2CCCC(N)C2)c(C#N)c1N. The number of anilines is 2. The molecule has 0 spiro atoms. The molecular weight excluding hydrogens is 240 g/mol. The molecule has 0 aliphatic carbocycles. The van der Waals surface area contributed by atoms with Crippen molar-refractivity contribution in [3.05, 3.63) is 5.56 Å². The van der Waals surface area contributed by atoms with Gasteiger partial charge >= 0.3 is 0 Å². The maximum absolute atomic E-state index is 9.29. The Bertz CT molecular complexity index is 472. The molecule has 1 aromatic heterocycles. The highest BCUT2D eigenvalue weighted by molar-refractivity contribution is 5.65. The van der Waals surface area contributed by atoms with Crippen LogP contribution in [0, 0.1) is 11.3 Å². The van der Waals surface area contributed by atoms with Crippen LogP contribution in [0.4, 0.5) is 11.6 Å². The lowest BCUT2D eigenvalue weighted by atomic mass is 10.1. The number of aromatic nitrogens is 2. The zero-order valence-electron chi connectivity index (χ0n) is 11.5. The number of hydrogen-bond donors (Lipinski definition) is 2. The van der Waals surface area contributed by atoms with Crippen LogP contribution in [0.3, 0.4) is 0 Å². The van der Waals surface area contributed by atoms with Gasteiger partial charge in [-0.3, -0.25) is 0 Å². The van der Waals surface area contributed by atoms with Crippen LogP contribution in [0.2, 0.25) is 0 Å². The highest BCUT2D eigenvalue weighted by atomic mass is 15.4. The number of hydrogen-bond acceptors (Lipinski definition) is 5. The van der Waals surface area contributed by atoms with Crippen molar-refractivity contribution in [2.24, 2.45) is 5.73 Å². The van der Waals surface area contributed by atoms with Gasteiger partial charge in [0.25, 0.3) is 0 Å². The van der Waals surface area contributed by atoms with Gasteiger partial charge in [0.2, 0.25) is 0 Å². The molecular formula is C13H22N6. The van der Waals surface area contributed by atoms with E-state index in [0.29, 0.717) is 17.2 Å². The van der Waals surface area contributed by atoms with Gasteiger partial charge < -0.3 is 16.4 Å². The number of unbranched alkanes of at least 4 members (excludes halogenated alkanes) is 1. The third-order valence-corrected chi connectivity index (χ3v) is 3.57. The van der Waals surface area contributed by atoms with Crippen molar-refractivity contribution in [2.45, 2.75) is 45.2 Å². The summed E-state index contributed by atoms with van der Waals surface area (Å²) in [5, 5.41) is 13.8. The molecule has 4 N–H and O–H groups in total. The second-order valence-corrected chi connectivity index (χ2v) is 5.12. The number of nitriles is 1. The largest absolute Gasteiger partial charge is 0.383 e. The van der Waals surface area contributed by atoms with E-state index < -0.39 is 0 Å². The summed E-state index contributed by atoms with van der Waals surface area (Å²) >= 11 is 0. The molecule has 2 rings (SSSR count). The summed E-state index contributed by atoms with van der Waals surface area (Å²) in [6.07, 6.45) is 4.15. The van der Waals surface area contributed by atoms with Crippen LogP contribution >= 0.6 is 0 Å². The van der Waals surface area contributed by atoms with Gasteiger partial charge in [0.05, 0.1) is 0 Å². The Morgan fingerprint density at radius 2 is 2.32 bits per heavy atom. The summed E-state index contributed by atoms with van der Waals surface area (Å²) in [4.78, 5) is 2.09. The summed E-state index contributed by atoms with van der Waals surface area (Å²) in [6.45, 7) is 4.53. The van der Waals surface area contributed by atoms with Gasteiger partial charge in [-0.1, -0.05) is 13.3 Å². The van der Waals surface area contributed by atoms with Gasteiger partial charge in [-0.05, 0) is 19.3 Å². The van der Waals surface area contributed by atoms with E-state index in [4.69, 9.17) is 11.5 Å². The Morgan fingerprint density at radius 1 is 1.53 bits per heavy atom. The van der Waals surface area contributed by atoms with Gasteiger partial charge in [-0.15, -0.1) is 0 Å². The van der Waals surface area contributed by atoms with Crippen molar-refractivity contribution < 1.29 is 0 Å². The van der Waals surface area contributed by atoms with E-state index >= 15 is 0 Å². The van der Waals surface area contributed by atoms with Crippen LogP contribution in [0.5, 0.6) is 0 Å². The lowest BCUT2D eigenvalue weighted by Gasteiger charge is -2.30. The summed E-state index contributed by atoms with van der Waals surface area (Å²) in [5.74, 6) is 1.18. The minimum atomic E-state index is 0.155. The van der Waals surface area contributed by atoms with Crippen molar-refractivity contribution in [3.8, 4) is 6.07 Å². The predicted molar refractivity (Wildman–Crippen MR) is 75.7 cm³/mol. The Morgan fingerprint density at radius 3 is 2.95 bits per heavy atom. The fourth-order valence-corrected chi connectivity index (χ4v) is 2.47. The summed E-state index contributed by atoms with van der Waals surface area (Å²) in [7, 11) is 0. The number of nitrogens with two attached hydrogens (primary N) is 2. The minimum absolute atomic E-state index is 0.155. The summed E-state index contributed by atoms with van der Waals surface area (Å²) in [6, 6.07) is 2.34. The van der Waals surface area contributed by atoms with Gasteiger partial charge in [0.15, 0.2) is 5.82 Å². The zero-order chi connectivity index (χ0) is 13.8. The molecule has 0 bridgehead atoms. The molecule has 2 heterocycles. The Kier molecular flexibility index (Phi) is 4.27. The van der Waals surface area contributed by atoms with E-state index in [1.165, 1.54) is 0 Å². The van der Waals surface area contributed by atoms with Crippen molar-refractivity contribution >= 4 is 11.6 Å². The van der Waals surface area contributed by atoms with E-state index in [0.717, 1.165) is 45.3 Å². The van der Waals surface area contributed by atoms with E-state index in [1.54, 1.807) is 4.68 Å². The number of rotatable bonds is 4. The first kappa shape index (κ1) is 13.7. The van der Waals surface area contributed by atoms with Crippen LogP contribution in [-0.2, 0) is 6.54 Å². The Hall–Kier alpha value is -1.74. The average molecular weight is 262 g/mol. The van der Waals surface area contributed by atoms with Crippen molar-refractivity contribution in [1.82, 2.24) is 9.78 Å². The fraction of sp³-hybridized carbons (Fsp3) is 0.692. The first-order chi connectivity index (χ1) is 9.17. The summed E-state index contributed by atoms with van der Waals surface area (Å²) < 4.78 is 1.75. The Labute approximate surface area is 114 Å². The van der Waals surface area contributed by atoms with Crippen LogP contribution in [0.25, 0.3) is 0 Å². The molecule has 0 aromatic carbocycles. The number of piperidine rings is 1. The first-order valence-electron chi connectivity index (χ1n) is 6.94. The molecule has 0 saturated carbocycles. The summed E-state index contributed by atoms with van der Waals surface area (Å²) in [5.41, 5.74) is 12.5. The second kappa shape index (κ2) is 5.93. The topological polar surface area (TPSA) is 96.9 Å². The monoisotopic (exact) mass is 262 g/mol. The zero-order valence-corrected chi connectivity index (χ0v) is 11.5.